The molecule has 4 aliphatic rings. The molecule has 19 nitrogen and oxygen atoms in total. The molecule has 3 saturated heterocycles. The normalized spacial score (nSPS) is 37.6. The number of amides is 3. The first-order valence-electron chi connectivity index (χ1n) is 17.8. The molecule has 0 radical (unpaired) electrons. The Bertz CT molecular complexity index is 1760. The van der Waals surface area contributed by atoms with Gasteiger partial charge < -0.3 is 80.5 Å². The number of carbonyl (C=O) groups excluding carboxylic acids is 3. The maximum Gasteiger partial charge on any atom is 0.264 e. The molecule has 4 heterocycles. The van der Waals surface area contributed by atoms with Gasteiger partial charge in [0.15, 0.2) is 38.7 Å². The number of nitrogens with one attached hydrogen (secondary N) is 2. The van der Waals surface area contributed by atoms with Gasteiger partial charge in [-0.25, -0.2) is 0 Å². The summed E-state index contributed by atoms with van der Waals surface area (Å²) in [7, 11) is -3.05. The van der Waals surface area contributed by atoms with E-state index in [1.165, 1.54) is 29.2 Å². The van der Waals surface area contributed by atoms with E-state index in [-0.39, 0.29) is 30.9 Å². The molecule has 1 spiro atoms. The highest BCUT2D eigenvalue weighted by atomic mass is 28.4. The summed E-state index contributed by atoms with van der Waals surface area (Å²) in [6.07, 6.45) is -19.0. The Kier molecular flexibility index (Phi) is 11.6. The first kappa shape index (κ1) is 41.2. The lowest BCUT2D eigenvalue weighted by atomic mass is 9.82. The minimum atomic E-state index is -3.05. The van der Waals surface area contributed by atoms with E-state index in [0.717, 1.165) is 0 Å². The van der Waals surface area contributed by atoms with Crippen LogP contribution in [0.25, 0.3) is 0 Å². The number of hydrogen-bond acceptors (Lipinski definition) is 16. The molecular weight excluding hydrogens is 746 g/mol. The molecule has 0 bridgehead atoms. The Morgan fingerprint density at radius 1 is 0.782 bits per heavy atom. The number of benzene rings is 2. The number of carbonyl (C=O) groups is 3. The SMILES string of the molecule is C[C@H]1[C@H]([Si](C)(C)O)[C@@H](CCO)O[C@]12C(=O)N(Cc1ccc(NC(=O)[C@H]3O[C@@H](O)[C@H](O)[C@@H](O)[C@@H]3O)cc1)c1ccc(NC(=O)[C@H]3O[C@@H](O)[C@H](O)[C@@H](O)[C@@H]3O)cc12. The van der Waals surface area contributed by atoms with Crippen molar-refractivity contribution in [2.75, 3.05) is 22.1 Å². The van der Waals surface area contributed by atoms with Crippen molar-refractivity contribution in [3.63, 3.8) is 0 Å². The van der Waals surface area contributed by atoms with Crippen LogP contribution in [-0.4, -0.2) is 151 Å². The number of rotatable bonds is 9. The number of anilines is 3. The summed E-state index contributed by atoms with van der Waals surface area (Å²) < 4.78 is 16.7. The predicted octanol–water partition coefficient (Wildman–Crippen LogP) is -3.11. The summed E-state index contributed by atoms with van der Waals surface area (Å²) in [6.45, 7) is 4.94. The third-order valence-electron chi connectivity index (χ3n) is 10.9. The summed E-state index contributed by atoms with van der Waals surface area (Å²) in [5.41, 5.74) is -0.483. The zero-order valence-electron chi connectivity index (χ0n) is 30.0. The number of nitrogens with zero attached hydrogens (tertiary/aromatic N) is 1. The van der Waals surface area contributed by atoms with Gasteiger partial charge in [-0.1, -0.05) is 19.1 Å². The van der Waals surface area contributed by atoms with Crippen LogP contribution >= 0.6 is 0 Å². The van der Waals surface area contributed by atoms with E-state index in [9.17, 15) is 65.1 Å². The predicted molar refractivity (Wildman–Crippen MR) is 190 cm³/mol. The summed E-state index contributed by atoms with van der Waals surface area (Å²) in [5.74, 6) is -2.97. The Labute approximate surface area is 315 Å². The van der Waals surface area contributed by atoms with Gasteiger partial charge in [0.1, 0.15) is 36.6 Å². The van der Waals surface area contributed by atoms with Gasteiger partial charge in [-0.2, -0.15) is 0 Å². The molecule has 0 unspecified atom stereocenters. The van der Waals surface area contributed by atoms with Crippen molar-refractivity contribution in [3.8, 4) is 0 Å². The molecule has 0 saturated carbocycles. The minimum Gasteiger partial charge on any atom is -0.432 e. The third-order valence-corrected chi connectivity index (χ3v) is 13.4. The Balaban J connectivity index is 1.28. The van der Waals surface area contributed by atoms with Crippen LogP contribution in [0.3, 0.4) is 0 Å². The van der Waals surface area contributed by atoms with Crippen molar-refractivity contribution in [2.45, 2.75) is 112 Å². The van der Waals surface area contributed by atoms with Gasteiger partial charge >= 0.3 is 0 Å². The lowest BCUT2D eigenvalue weighted by molar-refractivity contribution is -0.274. The molecule has 0 aliphatic carbocycles. The van der Waals surface area contributed by atoms with Crippen LogP contribution in [0.4, 0.5) is 17.1 Å². The van der Waals surface area contributed by atoms with Gasteiger partial charge in [0.2, 0.25) is 0 Å². The van der Waals surface area contributed by atoms with E-state index >= 15 is 0 Å². The number of aliphatic hydroxyl groups is 9. The Morgan fingerprint density at radius 3 is 1.80 bits per heavy atom. The summed E-state index contributed by atoms with van der Waals surface area (Å²) in [5, 5.41) is 95.0. The van der Waals surface area contributed by atoms with Crippen LogP contribution in [0.15, 0.2) is 42.5 Å². The van der Waals surface area contributed by atoms with Crippen LogP contribution in [0, 0.1) is 5.92 Å². The lowest BCUT2D eigenvalue weighted by Crippen LogP contribution is -2.60. The minimum absolute atomic E-state index is 0.0141. The zero-order valence-corrected chi connectivity index (χ0v) is 31.0. The number of aliphatic hydroxyl groups excluding tert-OH is 9. The second kappa shape index (κ2) is 15.5. The molecule has 4 aliphatic heterocycles. The molecule has 12 N–H and O–H groups in total. The molecule has 3 amide bonds. The third kappa shape index (κ3) is 7.32. The quantitative estimate of drug-likeness (QED) is 0.112. The Hall–Kier alpha value is -3.45. The summed E-state index contributed by atoms with van der Waals surface area (Å²) >= 11 is 0. The maximum atomic E-state index is 14.7. The van der Waals surface area contributed by atoms with Crippen LogP contribution in [0.2, 0.25) is 18.6 Å². The number of hydrogen-bond donors (Lipinski definition) is 12. The van der Waals surface area contributed by atoms with E-state index in [0.29, 0.717) is 16.8 Å². The van der Waals surface area contributed by atoms with Crippen LogP contribution < -0.4 is 15.5 Å². The highest BCUT2D eigenvalue weighted by molar-refractivity contribution is 6.71. The monoisotopic (exact) mass is 793 g/mol. The molecule has 0 aromatic heterocycles. The molecule has 6 rings (SSSR count). The van der Waals surface area contributed by atoms with Crippen molar-refractivity contribution in [2.24, 2.45) is 5.92 Å². The number of ether oxygens (including phenoxy) is 3. The second-order valence-corrected chi connectivity index (χ2v) is 19.0. The van der Waals surface area contributed by atoms with E-state index in [2.05, 4.69) is 10.6 Å². The van der Waals surface area contributed by atoms with Crippen molar-refractivity contribution in [1.82, 2.24) is 0 Å². The van der Waals surface area contributed by atoms with Crippen molar-refractivity contribution in [3.05, 3.63) is 53.6 Å². The highest BCUT2D eigenvalue weighted by Crippen LogP contribution is 2.60. The van der Waals surface area contributed by atoms with Gasteiger partial charge in [0.25, 0.3) is 17.7 Å². The van der Waals surface area contributed by atoms with Crippen molar-refractivity contribution in [1.29, 1.82) is 0 Å². The van der Waals surface area contributed by atoms with Crippen molar-refractivity contribution >= 4 is 43.1 Å². The molecule has 20 heteroatoms. The fraction of sp³-hybridized carbons (Fsp3) is 0.571. The fourth-order valence-corrected chi connectivity index (χ4v) is 10.8. The second-order valence-electron chi connectivity index (χ2n) is 15.0. The van der Waals surface area contributed by atoms with Gasteiger partial charge in [-0.05, 0) is 55.4 Å². The van der Waals surface area contributed by atoms with Gasteiger partial charge in [-0.15, -0.1) is 0 Å². The summed E-state index contributed by atoms with van der Waals surface area (Å²) in [4.78, 5) is 53.7. The Morgan fingerprint density at radius 2 is 1.29 bits per heavy atom. The maximum absolute atomic E-state index is 14.7. The largest absolute Gasteiger partial charge is 0.432 e. The van der Waals surface area contributed by atoms with Crippen LogP contribution in [0.1, 0.15) is 24.5 Å². The van der Waals surface area contributed by atoms with E-state index < -0.39 is 111 Å². The smallest absolute Gasteiger partial charge is 0.264 e. The fourth-order valence-electron chi connectivity index (χ4n) is 8.17. The standard InChI is InChI=1S/C35H47N3O16Si/c1-14-29(55(2,3)51)20(10-11-39)54-35(14)18-12-17(37-31(47)28-24(43)22(41)26(45)33(49)53-28)8-9-19(18)38(34(35)50)13-15-4-6-16(7-5-15)36-30(46)27-23(42)21(40)25(44)32(48)52-27/h4-9,12,14,20-29,32-33,39-45,48-49,51H,10-11,13H2,1-3H3,(H,36,46)(H,37,47)/t14-,20+,21-,22-,23-,24-,25+,26+,27-,28-,29-,32+,33+,35+/m0/s1. The number of fused-ring (bicyclic) bond motifs is 2. The topological polar surface area (TPSA) is 308 Å². The van der Waals surface area contributed by atoms with Gasteiger partial charge in [-0.3, -0.25) is 14.4 Å². The van der Waals surface area contributed by atoms with E-state index in [1.807, 2.05) is 0 Å². The lowest BCUT2D eigenvalue weighted by Gasteiger charge is -2.37. The highest BCUT2D eigenvalue weighted by Gasteiger charge is 2.66. The van der Waals surface area contributed by atoms with Gasteiger partial charge in [0.05, 0.1) is 18.3 Å². The van der Waals surface area contributed by atoms with Crippen LogP contribution in [0.5, 0.6) is 0 Å². The molecule has 3 fully saturated rings. The average Bonchev–Trinajstić information content (AvgIpc) is 3.56. The molecule has 55 heavy (non-hydrogen) atoms. The van der Waals surface area contributed by atoms with Crippen molar-refractivity contribution < 1.29 is 79.3 Å². The molecule has 2 aromatic rings. The zero-order chi connectivity index (χ0) is 40.3. The first-order valence-corrected chi connectivity index (χ1v) is 20.8. The first-order chi connectivity index (χ1) is 25.8. The van der Waals surface area contributed by atoms with E-state index in [4.69, 9.17) is 14.2 Å². The molecule has 14 atom stereocenters. The van der Waals surface area contributed by atoms with Crippen LogP contribution in [-0.2, 0) is 40.7 Å². The van der Waals surface area contributed by atoms with Gasteiger partial charge in [0, 0.05) is 35.0 Å². The average molecular weight is 794 g/mol. The molecule has 2 aromatic carbocycles. The summed E-state index contributed by atoms with van der Waals surface area (Å²) in [6, 6.07) is 10.8. The molecular formula is C35H47N3O16Si. The molecule has 302 valence electrons. The van der Waals surface area contributed by atoms with E-state index in [1.54, 1.807) is 38.2 Å².